The van der Waals surface area contributed by atoms with Crippen molar-refractivity contribution in [3.63, 3.8) is 0 Å². The summed E-state index contributed by atoms with van der Waals surface area (Å²) in [6.45, 7) is 10.9. The Morgan fingerprint density at radius 1 is 1.21 bits per heavy atom. The second-order valence-electron chi connectivity index (χ2n) is 6.25. The van der Waals surface area contributed by atoms with Gasteiger partial charge in [-0.3, -0.25) is 4.79 Å². The van der Waals surface area contributed by atoms with Gasteiger partial charge in [0.05, 0.1) is 6.54 Å². The first-order chi connectivity index (χ1) is 11.0. The lowest BCUT2D eigenvalue weighted by atomic mass is 10.3. The molecule has 0 aliphatic rings. The molecule has 0 aliphatic heterocycles. The van der Waals surface area contributed by atoms with Crippen LogP contribution in [0.5, 0.6) is 0 Å². The quantitative estimate of drug-likeness (QED) is 0.196. The van der Waals surface area contributed by atoms with Gasteiger partial charge >= 0.3 is 12.0 Å². The molecule has 0 radical (unpaired) electrons. The van der Waals surface area contributed by atoms with Crippen molar-refractivity contribution in [3.8, 4) is 0 Å². The number of hydrogen-bond acceptors (Lipinski definition) is 5. The van der Waals surface area contributed by atoms with E-state index < -0.39 is 26.4 Å². The third kappa shape index (κ3) is 11.7. The first-order valence-corrected chi connectivity index (χ1v) is 11.1. The zero-order valence-electron chi connectivity index (χ0n) is 14.9. The van der Waals surface area contributed by atoms with Crippen LogP contribution in [0.25, 0.3) is 0 Å². The third-order valence-corrected chi connectivity index (χ3v) is 4.55. The Kier molecular flexibility index (Phi) is 9.97. The lowest BCUT2D eigenvalue weighted by Gasteiger charge is -2.16. The van der Waals surface area contributed by atoms with Gasteiger partial charge in [0, 0.05) is 12.1 Å². The molecule has 24 heavy (non-hydrogen) atoms. The molecule has 4 N–H and O–H groups in total. The number of esters is 1. The van der Waals surface area contributed by atoms with Crippen LogP contribution in [0, 0.1) is 0 Å². The molecule has 1 unspecified atom stereocenters. The number of rotatable bonds is 10. The average molecular weight is 359 g/mol. The number of ether oxygens (including phenoxy) is 1. The van der Waals surface area contributed by atoms with E-state index in [1.54, 1.807) is 6.92 Å². The highest BCUT2D eigenvalue weighted by molar-refractivity contribution is 6.69. The number of amides is 3. The predicted octanol–water partition coefficient (Wildman–Crippen LogP) is 0.497. The van der Waals surface area contributed by atoms with E-state index in [1.807, 2.05) is 13.1 Å². The van der Waals surface area contributed by atoms with E-state index in [9.17, 15) is 19.2 Å². The molecular weight excluding hydrogens is 330 g/mol. The fourth-order valence-corrected chi connectivity index (χ4v) is 2.67. The molecule has 0 aromatic carbocycles. The second kappa shape index (κ2) is 10.8. The number of carbonyl (C=O) groups is 3. The summed E-state index contributed by atoms with van der Waals surface area (Å²) in [7, 11) is -2.09. The minimum absolute atomic E-state index is 0.0283. The van der Waals surface area contributed by atoms with Crippen molar-refractivity contribution in [2.75, 3.05) is 19.7 Å². The number of nitrogens with one attached hydrogen (secondary N) is 3. The highest BCUT2D eigenvalue weighted by atomic mass is 28.4. The average Bonchev–Trinajstić information content (AvgIpc) is 2.46. The van der Waals surface area contributed by atoms with E-state index in [1.165, 1.54) is 6.92 Å². The van der Waals surface area contributed by atoms with Gasteiger partial charge in [0.25, 0.3) is 0 Å². The monoisotopic (exact) mass is 359 g/mol. The molecule has 0 fully saturated rings. The highest BCUT2D eigenvalue weighted by Crippen LogP contribution is 2.06. The van der Waals surface area contributed by atoms with Gasteiger partial charge in [0.15, 0.2) is 8.32 Å². The van der Waals surface area contributed by atoms with Gasteiger partial charge < -0.3 is 25.5 Å². The minimum atomic E-state index is -2.09. The Hall–Kier alpha value is -1.87. The summed E-state index contributed by atoms with van der Waals surface area (Å²) < 4.78 is 4.82. The second-order valence-corrected chi connectivity index (χ2v) is 10.4. The Labute approximate surface area is 144 Å². The largest absolute Gasteiger partial charge is 0.460 e. The third-order valence-electron chi connectivity index (χ3n) is 2.97. The van der Waals surface area contributed by atoms with Crippen LogP contribution in [0.4, 0.5) is 4.79 Å². The Balaban J connectivity index is 3.86. The molecule has 3 amide bonds. The molecular formula is C15H29N3O5Si. The van der Waals surface area contributed by atoms with Crippen LogP contribution >= 0.6 is 0 Å². The summed E-state index contributed by atoms with van der Waals surface area (Å²) in [6, 6.07) is -0.506. The molecule has 0 aromatic heterocycles. The van der Waals surface area contributed by atoms with Gasteiger partial charge in [-0.2, -0.15) is 0 Å². The summed E-state index contributed by atoms with van der Waals surface area (Å²) in [6.07, 6.45) is 0.703. The fourth-order valence-electron chi connectivity index (χ4n) is 1.63. The number of carbonyl (C=O) groups excluding carboxylic acids is 3. The van der Waals surface area contributed by atoms with Crippen molar-refractivity contribution < 1.29 is 23.9 Å². The number of hydrogen-bond donors (Lipinski definition) is 4. The van der Waals surface area contributed by atoms with Gasteiger partial charge in [0.2, 0.25) is 5.91 Å². The summed E-state index contributed by atoms with van der Waals surface area (Å²) in [5.41, 5.74) is 0.289. The zero-order chi connectivity index (χ0) is 18.8. The molecule has 9 heteroatoms. The van der Waals surface area contributed by atoms with Crippen molar-refractivity contribution in [1.82, 2.24) is 16.0 Å². The Morgan fingerprint density at radius 2 is 1.83 bits per heavy atom. The van der Waals surface area contributed by atoms with Crippen LogP contribution in [-0.4, -0.2) is 56.8 Å². The SMILES string of the molecule is C=C(C)C(=O)OCCNC(=O)NC(C)C(=O)NCCC[Si](C)(C)O. The van der Waals surface area contributed by atoms with Crippen molar-refractivity contribution >= 4 is 26.2 Å². The zero-order valence-corrected chi connectivity index (χ0v) is 15.9. The van der Waals surface area contributed by atoms with Crippen LogP contribution < -0.4 is 16.0 Å². The standard InChI is InChI=1S/C15H29N3O5Si/c1-11(2)14(20)23-9-8-17-15(21)18-12(3)13(19)16-7-6-10-24(4,5)22/h12,22H,1,6-10H2,2-5H3,(H,16,19)(H2,17,18,21). The molecule has 1 atom stereocenters. The molecule has 0 spiro atoms. The normalized spacial score (nSPS) is 12.0. The van der Waals surface area contributed by atoms with Crippen molar-refractivity contribution in [2.24, 2.45) is 0 Å². The lowest BCUT2D eigenvalue weighted by Crippen LogP contribution is -2.49. The molecule has 0 aromatic rings. The van der Waals surface area contributed by atoms with Gasteiger partial charge in [-0.25, -0.2) is 9.59 Å². The van der Waals surface area contributed by atoms with Gasteiger partial charge in [-0.1, -0.05) is 6.58 Å². The topological polar surface area (TPSA) is 117 Å². The first-order valence-electron chi connectivity index (χ1n) is 7.90. The molecule has 0 saturated carbocycles. The minimum Gasteiger partial charge on any atom is -0.460 e. The Morgan fingerprint density at radius 3 is 2.38 bits per heavy atom. The van der Waals surface area contributed by atoms with Gasteiger partial charge in [-0.15, -0.1) is 0 Å². The molecule has 0 rings (SSSR count). The maximum atomic E-state index is 11.8. The van der Waals surface area contributed by atoms with Crippen molar-refractivity contribution in [1.29, 1.82) is 0 Å². The molecule has 8 nitrogen and oxygen atoms in total. The van der Waals surface area contributed by atoms with Crippen LogP contribution in [0.15, 0.2) is 12.2 Å². The van der Waals surface area contributed by atoms with E-state index in [4.69, 9.17) is 4.74 Å². The summed E-state index contributed by atoms with van der Waals surface area (Å²) in [5, 5.41) is 7.68. The van der Waals surface area contributed by atoms with E-state index in [0.29, 0.717) is 19.0 Å². The maximum Gasteiger partial charge on any atom is 0.333 e. The van der Waals surface area contributed by atoms with E-state index in [-0.39, 0.29) is 24.6 Å². The summed E-state index contributed by atoms with van der Waals surface area (Å²) in [5.74, 6) is -0.810. The first kappa shape index (κ1) is 22.1. The van der Waals surface area contributed by atoms with Crippen LogP contribution in [0.1, 0.15) is 20.3 Å². The summed E-state index contributed by atoms with van der Waals surface area (Å²) >= 11 is 0. The van der Waals surface area contributed by atoms with Crippen LogP contribution in [0.3, 0.4) is 0 Å². The van der Waals surface area contributed by atoms with Gasteiger partial charge in [0.1, 0.15) is 12.6 Å². The molecule has 138 valence electrons. The predicted molar refractivity (Wildman–Crippen MR) is 93.9 cm³/mol. The van der Waals surface area contributed by atoms with E-state index in [0.717, 1.165) is 0 Å². The summed E-state index contributed by atoms with van der Waals surface area (Å²) in [4.78, 5) is 44.3. The Bertz CT molecular complexity index is 463. The molecule has 0 aliphatic carbocycles. The van der Waals surface area contributed by atoms with E-state index >= 15 is 0 Å². The highest BCUT2D eigenvalue weighted by Gasteiger charge is 2.17. The lowest BCUT2D eigenvalue weighted by molar-refractivity contribution is -0.138. The van der Waals surface area contributed by atoms with Crippen LogP contribution in [-0.2, 0) is 14.3 Å². The van der Waals surface area contributed by atoms with Gasteiger partial charge in [-0.05, 0) is 39.4 Å². The molecule has 0 bridgehead atoms. The van der Waals surface area contributed by atoms with Crippen LogP contribution in [0.2, 0.25) is 19.1 Å². The fraction of sp³-hybridized carbons (Fsp3) is 0.667. The van der Waals surface area contributed by atoms with Crippen molar-refractivity contribution in [2.45, 2.75) is 45.4 Å². The smallest absolute Gasteiger partial charge is 0.333 e. The van der Waals surface area contributed by atoms with Crippen molar-refractivity contribution in [3.05, 3.63) is 12.2 Å². The maximum absolute atomic E-state index is 11.8. The molecule has 0 heterocycles. The molecule has 0 saturated heterocycles. The van der Waals surface area contributed by atoms with E-state index in [2.05, 4.69) is 22.5 Å². The number of urea groups is 1.